The Hall–Kier alpha value is -2.51. The van der Waals surface area contributed by atoms with E-state index in [1.54, 1.807) is 30.3 Å². The molecule has 0 saturated carbocycles. The van der Waals surface area contributed by atoms with E-state index in [1.165, 1.54) is 16.8 Å². The molecule has 0 radical (unpaired) electrons. The first-order valence-electron chi connectivity index (χ1n) is 10.4. The van der Waals surface area contributed by atoms with E-state index in [-0.39, 0.29) is 17.6 Å². The molecule has 1 saturated heterocycles. The van der Waals surface area contributed by atoms with Crippen LogP contribution in [0.5, 0.6) is 0 Å². The fourth-order valence-corrected chi connectivity index (χ4v) is 5.80. The maximum absolute atomic E-state index is 13.0. The van der Waals surface area contributed by atoms with Gasteiger partial charge >= 0.3 is 0 Å². The molecule has 0 unspecified atom stereocenters. The van der Waals surface area contributed by atoms with Crippen LogP contribution in [0, 0.1) is 5.92 Å². The maximum atomic E-state index is 13.0. The van der Waals surface area contributed by atoms with E-state index in [9.17, 15) is 18.0 Å². The number of aryl methyl sites for hydroxylation is 2. The first kappa shape index (κ1) is 20.8. The fraction of sp³-hybridized carbons (Fsp3) is 0.391. The SMILES string of the molecule is CC(=O)c1cccc(NC(=O)C2CCN(S(=O)(=O)c3ccc4c(c3)CCC4)CC2)c1. The molecular formula is C23H26N2O4S. The highest BCUT2D eigenvalue weighted by Crippen LogP contribution is 2.29. The van der Waals surface area contributed by atoms with Crippen molar-refractivity contribution in [2.24, 2.45) is 5.92 Å². The number of fused-ring (bicyclic) bond motifs is 1. The average Bonchev–Trinajstić information content (AvgIpc) is 3.22. The Kier molecular flexibility index (Phi) is 5.75. The molecule has 2 aliphatic rings. The minimum atomic E-state index is -3.54. The van der Waals surface area contributed by atoms with Crippen molar-refractivity contribution in [2.45, 2.75) is 43.9 Å². The van der Waals surface area contributed by atoms with Gasteiger partial charge in [-0.1, -0.05) is 18.2 Å². The van der Waals surface area contributed by atoms with Gasteiger partial charge in [0.15, 0.2) is 5.78 Å². The van der Waals surface area contributed by atoms with Crippen LogP contribution in [0.1, 0.15) is 47.7 Å². The summed E-state index contributed by atoms with van der Waals surface area (Å²) in [6.45, 7) is 2.13. The quantitative estimate of drug-likeness (QED) is 0.743. The number of anilines is 1. The van der Waals surface area contributed by atoms with Crippen molar-refractivity contribution in [3.05, 3.63) is 59.2 Å². The zero-order valence-corrected chi connectivity index (χ0v) is 17.9. The molecule has 1 fully saturated rings. The first-order chi connectivity index (χ1) is 14.3. The highest BCUT2D eigenvalue weighted by atomic mass is 32.2. The number of rotatable bonds is 5. The molecule has 0 aromatic heterocycles. The Morgan fingerprint density at radius 1 is 1.00 bits per heavy atom. The molecule has 0 bridgehead atoms. The zero-order chi connectivity index (χ0) is 21.3. The van der Waals surface area contributed by atoms with Gasteiger partial charge in [-0.2, -0.15) is 4.31 Å². The normalized spacial score (nSPS) is 17.5. The summed E-state index contributed by atoms with van der Waals surface area (Å²) in [5.41, 5.74) is 3.51. The van der Waals surface area contributed by atoms with Gasteiger partial charge in [-0.25, -0.2) is 8.42 Å². The third-order valence-corrected chi connectivity index (χ3v) is 7.96. The number of amides is 1. The van der Waals surface area contributed by atoms with E-state index in [4.69, 9.17) is 0 Å². The molecule has 1 heterocycles. The van der Waals surface area contributed by atoms with E-state index < -0.39 is 10.0 Å². The summed E-state index contributed by atoms with van der Waals surface area (Å²) >= 11 is 0. The number of Topliss-reactive ketones (excluding diaryl/α,β-unsaturated/α-hetero) is 1. The van der Waals surface area contributed by atoms with Crippen LogP contribution in [0.2, 0.25) is 0 Å². The molecule has 6 nitrogen and oxygen atoms in total. The number of carbonyl (C=O) groups is 2. The van der Waals surface area contributed by atoms with Crippen molar-refractivity contribution in [2.75, 3.05) is 18.4 Å². The van der Waals surface area contributed by atoms with Gasteiger partial charge in [-0.15, -0.1) is 0 Å². The largest absolute Gasteiger partial charge is 0.326 e. The molecule has 0 spiro atoms. The number of sulfonamides is 1. The number of ketones is 1. The van der Waals surface area contributed by atoms with Gasteiger partial charge in [0.1, 0.15) is 0 Å². The zero-order valence-electron chi connectivity index (χ0n) is 17.1. The molecule has 1 aliphatic carbocycles. The van der Waals surface area contributed by atoms with Crippen molar-refractivity contribution in [1.82, 2.24) is 4.31 Å². The van der Waals surface area contributed by atoms with E-state index >= 15 is 0 Å². The van der Waals surface area contributed by atoms with Crippen molar-refractivity contribution >= 4 is 27.4 Å². The lowest BCUT2D eigenvalue weighted by Crippen LogP contribution is -2.41. The maximum Gasteiger partial charge on any atom is 0.243 e. The minimum absolute atomic E-state index is 0.0591. The molecule has 30 heavy (non-hydrogen) atoms. The average molecular weight is 427 g/mol. The molecule has 1 aliphatic heterocycles. The number of piperidine rings is 1. The highest BCUT2D eigenvalue weighted by Gasteiger charge is 2.32. The van der Waals surface area contributed by atoms with E-state index in [0.717, 1.165) is 24.8 Å². The lowest BCUT2D eigenvalue weighted by Gasteiger charge is -2.30. The van der Waals surface area contributed by atoms with Crippen LogP contribution in [0.15, 0.2) is 47.4 Å². The molecule has 0 atom stereocenters. The van der Waals surface area contributed by atoms with Crippen LogP contribution in [-0.2, 0) is 27.7 Å². The summed E-state index contributed by atoms with van der Waals surface area (Å²) in [5, 5.41) is 2.86. The van der Waals surface area contributed by atoms with Crippen molar-refractivity contribution in [3.63, 3.8) is 0 Å². The second kappa shape index (κ2) is 8.32. The summed E-state index contributed by atoms with van der Waals surface area (Å²) in [6, 6.07) is 12.3. The summed E-state index contributed by atoms with van der Waals surface area (Å²) < 4.78 is 27.6. The molecule has 158 valence electrons. The summed E-state index contributed by atoms with van der Waals surface area (Å²) in [4.78, 5) is 24.5. The molecule has 2 aromatic carbocycles. The van der Waals surface area contributed by atoms with Crippen molar-refractivity contribution in [3.8, 4) is 0 Å². The van der Waals surface area contributed by atoms with Crippen LogP contribution in [0.4, 0.5) is 5.69 Å². The third kappa shape index (κ3) is 4.18. The van der Waals surface area contributed by atoms with E-state index in [2.05, 4.69) is 5.32 Å². The minimum Gasteiger partial charge on any atom is -0.326 e. The topological polar surface area (TPSA) is 83.6 Å². The molecular weight excluding hydrogens is 400 g/mol. The smallest absolute Gasteiger partial charge is 0.243 e. The lowest BCUT2D eigenvalue weighted by molar-refractivity contribution is -0.120. The molecule has 7 heteroatoms. The van der Waals surface area contributed by atoms with Crippen LogP contribution in [-0.4, -0.2) is 37.5 Å². The third-order valence-electron chi connectivity index (χ3n) is 6.07. The Bertz CT molecular complexity index is 1090. The monoisotopic (exact) mass is 426 g/mol. The van der Waals surface area contributed by atoms with Gasteiger partial charge in [0, 0.05) is 30.3 Å². The predicted molar refractivity (Wildman–Crippen MR) is 115 cm³/mol. The summed E-state index contributed by atoms with van der Waals surface area (Å²) in [6.07, 6.45) is 3.98. The van der Waals surface area contributed by atoms with Gasteiger partial charge in [0.2, 0.25) is 15.9 Å². The van der Waals surface area contributed by atoms with Gasteiger partial charge in [-0.05, 0) is 74.4 Å². The Morgan fingerprint density at radius 3 is 2.47 bits per heavy atom. The lowest BCUT2D eigenvalue weighted by atomic mass is 9.97. The number of benzene rings is 2. The summed E-state index contributed by atoms with van der Waals surface area (Å²) in [5.74, 6) is -0.445. The fourth-order valence-electron chi connectivity index (χ4n) is 4.28. The number of carbonyl (C=O) groups excluding carboxylic acids is 2. The van der Waals surface area contributed by atoms with Gasteiger partial charge < -0.3 is 5.32 Å². The second-order valence-electron chi connectivity index (χ2n) is 8.09. The van der Waals surface area contributed by atoms with Crippen LogP contribution < -0.4 is 5.32 Å². The number of hydrogen-bond donors (Lipinski definition) is 1. The summed E-state index contributed by atoms with van der Waals surface area (Å²) in [7, 11) is -3.54. The first-order valence-corrected chi connectivity index (χ1v) is 11.8. The molecule has 4 rings (SSSR count). The number of hydrogen-bond acceptors (Lipinski definition) is 4. The Morgan fingerprint density at radius 2 is 1.73 bits per heavy atom. The standard InChI is InChI=1S/C23H26N2O4S/c1-16(26)19-5-3-7-21(14-19)24-23(27)18-10-12-25(13-11-18)30(28,29)22-9-8-17-4-2-6-20(17)15-22/h3,5,7-9,14-15,18H,2,4,6,10-13H2,1H3,(H,24,27). The van der Waals surface area contributed by atoms with Gasteiger partial charge in [-0.3, -0.25) is 9.59 Å². The van der Waals surface area contributed by atoms with Crippen LogP contribution in [0.25, 0.3) is 0 Å². The Balaban J connectivity index is 1.39. The van der Waals surface area contributed by atoms with E-state index in [0.29, 0.717) is 42.1 Å². The van der Waals surface area contributed by atoms with Gasteiger partial charge in [0.05, 0.1) is 4.90 Å². The number of nitrogens with one attached hydrogen (secondary N) is 1. The molecule has 1 amide bonds. The Labute approximate surface area is 177 Å². The predicted octanol–water partition coefficient (Wildman–Crippen LogP) is 3.42. The van der Waals surface area contributed by atoms with Crippen LogP contribution >= 0.6 is 0 Å². The second-order valence-corrected chi connectivity index (χ2v) is 10.0. The van der Waals surface area contributed by atoms with Crippen LogP contribution in [0.3, 0.4) is 0 Å². The molecule has 1 N–H and O–H groups in total. The highest BCUT2D eigenvalue weighted by molar-refractivity contribution is 7.89. The van der Waals surface area contributed by atoms with Crippen molar-refractivity contribution in [1.29, 1.82) is 0 Å². The van der Waals surface area contributed by atoms with E-state index in [1.807, 2.05) is 12.1 Å². The van der Waals surface area contributed by atoms with Crippen molar-refractivity contribution < 1.29 is 18.0 Å². The van der Waals surface area contributed by atoms with Gasteiger partial charge in [0.25, 0.3) is 0 Å². The number of nitrogens with zero attached hydrogens (tertiary/aromatic N) is 1. The molecule has 2 aromatic rings.